The molecule has 0 spiro atoms. The molecule has 3 heteroatoms. The van der Waals surface area contributed by atoms with E-state index >= 15 is 0 Å². The van der Waals surface area contributed by atoms with Crippen LogP contribution in [0.4, 0.5) is 0 Å². The van der Waals surface area contributed by atoms with Gasteiger partial charge in [0, 0.05) is 0 Å². The maximum Gasteiger partial charge on any atom is -0.147 e. The molecule has 222 valence electrons. The minimum absolute atomic E-state index is 0. The molecule has 1 aliphatic heterocycles. The molecule has 1 fully saturated rings. The molecule has 1 heterocycles. The second kappa shape index (κ2) is 12.3. The first-order chi connectivity index (χ1) is 19.8. The summed E-state index contributed by atoms with van der Waals surface area (Å²) in [7, 11) is 0. The van der Waals surface area contributed by atoms with E-state index in [1.807, 2.05) is 0 Å². The van der Waals surface area contributed by atoms with Crippen molar-refractivity contribution < 1.29 is 20.0 Å². The van der Waals surface area contributed by atoms with Crippen LogP contribution in [-0.2, 0) is 20.0 Å². The average molecular weight is 774 g/mol. The smallest absolute Gasteiger partial charge is 0.147 e. The predicted octanol–water partition coefficient (Wildman–Crippen LogP) is 12.7. The first kappa shape index (κ1) is 32.2. The quantitative estimate of drug-likeness (QED) is 0.171. The zero-order valence-corrected chi connectivity index (χ0v) is 31.5. The fourth-order valence-electron chi connectivity index (χ4n) is 8.12. The first-order valence-electron chi connectivity index (χ1n) is 15.6. The molecule has 7 rings (SSSR count). The Morgan fingerprint density at radius 1 is 0.535 bits per heavy atom. The van der Waals surface area contributed by atoms with Gasteiger partial charge in [-0.2, -0.15) is 0 Å². The number of benzene rings is 4. The molecule has 43 heavy (non-hydrogen) atoms. The van der Waals surface area contributed by atoms with Crippen LogP contribution in [0.1, 0.15) is 94.1 Å². The molecule has 4 aromatic rings. The van der Waals surface area contributed by atoms with E-state index in [0.717, 1.165) is 0 Å². The van der Waals surface area contributed by atoms with Gasteiger partial charge in [-0.3, -0.25) is 0 Å². The molecule has 0 amide bonds. The first-order valence-corrected chi connectivity index (χ1v) is 24.8. The Morgan fingerprint density at radius 3 is 1.23 bits per heavy atom. The SMILES string of the molecule is CC1=Cc2c(-c3ccc(C(C)C)cc3)cccc2[CH]1[Hf]1([CH]2C(C)=Cc3c(-c4ccc(C(C)C)cc4)cccc32)[CH2][CH2]1.Cl.Cl. The molecule has 0 bridgehead atoms. The van der Waals surface area contributed by atoms with Gasteiger partial charge >= 0.3 is 253 Å². The fourth-order valence-corrected chi connectivity index (χ4v) is 36.4. The minimum atomic E-state index is -2.79. The maximum atomic E-state index is 2.56. The molecule has 4 aromatic carbocycles. The summed E-state index contributed by atoms with van der Waals surface area (Å²) in [5.74, 6) is 1.12. The second-order valence-corrected chi connectivity index (χ2v) is 30.1. The molecule has 0 N–H and O–H groups in total. The third-order valence-electron chi connectivity index (χ3n) is 10.3. The van der Waals surface area contributed by atoms with Crippen molar-refractivity contribution >= 4 is 37.0 Å². The van der Waals surface area contributed by atoms with Gasteiger partial charge in [0.15, 0.2) is 0 Å². The van der Waals surface area contributed by atoms with Gasteiger partial charge in [0.05, 0.1) is 0 Å². The number of hydrogen-bond acceptors (Lipinski definition) is 0. The summed E-state index contributed by atoms with van der Waals surface area (Å²) in [6.07, 6.45) is 5.13. The van der Waals surface area contributed by atoms with Crippen LogP contribution in [0.5, 0.6) is 0 Å². The van der Waals surface area contributed by atoms with Crippen molar-refractivity contribution in [1.82, 2.24) is 0 Å². The molecule has 2 atom stereocenters. The minimum Gasteiger partial charge on any atom is -0.147 e. The Morgan fingerprint density at radius 2 is 0.907 bits per heavy atom. The van der Waals surface area contributed by atoms with Crippen molar-refractivity contribution in [2.24, 2.45) is 0 Å². The van der Waals surface area contributed by atoms with E-state index in [1.165, 1.54) is 52.9 Å². The number of fused-ring (bicyclic) bond motifs is 2. The third-order valence-corrected chi connectivity index (χ3v) is 30.0. The van der Waals surface area contributed by atoms with Gasteiger partial charge in [-0.05, 0) is 0 Å². The van der Waals surface area contributed by atoms with E-state index in [1.54, 1.807) is 22.3 Å². The molecule has 1 saturated heterocycles. The molecule has 0 saturated carbocycles. The van der Waals surface area contributed by atoms with E-state index in [9.17, 15) is 0 Å². The van der Waals surface area contributed by atoms with Crippen LogP contribution in [0.15, 0.2) is 96.1 Å². The molecular weight excluding hydrogens is 730 g/mol. The van der Waals surface area contributed by atoms with Crippen molar-refractivity contribution in [1.29, 1.82) is 0 Å². The summed E-state index contributed by atoms with van der Waals surface area (Å²) in [5.41, 5.74) is 17.9. The summed E-state index contributed by atoms with van der Waals surface area (Å²) in [6.45, 7) is 14.0. The average Bonchev–Trinajstić information content (AvgIpc) is 3.55. The Kier molecular flexibility index (Phi) is 9.22. The number of rotatable bonds is 6. The van der Waals surface area contributed by atoms with Crippen molar-refractivity contribution in [3.63, 3.8) is 0 Å². The van der Waals surface area contributed by atoms with Crippen LogP contribution >= 0.6 is 24.8 Å². The van der Waals surface area contributed by atoms with Gasteiger partial charge < -0.3 is 0 Å². The topological polar surface area (TPSA) is 0 Å². The van der Waals surface area contributed by atoms with Crippen LogP contribution in [-0.4, -0.2) is 0 Å². The van der Waals surface area contributed by atoms with Crippen LogP contribution in [0.2, 0.25) is 8.35 Å². The molecule has 0 radical (unpaired) electrons. The Hall–Kier alpha value is -2.19. The largest absolute Gasteiger partial charge is 0.147 e. The van der Waals surface area contributed by atoms with E-state index in [4.69, 9.17) is 0 Å². The summed E-state index contributed by atoms with van der Waals surface area (Å²) in [5, 5.41) is 0. The molecule has 0 aromatic heterocycles. The molecule has 2 unspecified atom stereocenters. The summed E-state index contributed by atoms with van der Waals surface area (Å²) in [6, 6.07) is 33.0. The van der Waals surface area contributed by atoms with Gasteiger partial charge in [-0.1, -0.05) is 0 Å². The summed E-state index contributed by atoms with van der Waals surface area (Å²) < 4.78 is 4.41. The standard InChI is InChI=1S/2C19H19.C2H4.2ClH.Hf/c2*1-13(2)15-7-9-16(10-8-15)18-6-4-5-17-11-14(3)12-19(17)18;1-2;;;/h2*4-13H,1-3H3;1-2H2;2*1H;. The second-order valence-electron chi connectivity index (χ2n) is 13.5. The number of hydrogen-bond donors (Lipinski definition) is 0. The van der Waals surface area contributed by atoms with Crippen LogP contribution < -0.4 is 0 Å². The van der Waals surface area contributed by atoms with E-state index in [-0.39, 0.29) is 24.8 Å². The Balaban J connectivity index is 0.00000184. The van der Waals surface area contributed by atoms with Crippen LogP contribution in [0.25, 0.3) is 34.4 Å². The molecule has 2 aliphatic carbocycles. The number of halogens is 2. The fraction of sp³-hybridized carbons (Fsp3) is 0.300. The van der Waals surface area contributed by atoms with E-state index in [2.05, 4.69) is 139 Å². The molecular formula is C40H44Cl2Hf. The van der Waals surface area contributed by atoms with Crippen molar-refractivity contribution in [3.8, 4) is 22.3 Å². The zero-order valence-electron chi connectivity index (χ0n) is 26.3. The molecule has 3 aliphatic rings. The van der Waals surface area contributed by atoms with Gasteiger partial charge in [0.1, 0.15) is 0 Å². The van der Waals surface area contributed by atoms with Gasteiger partial charge in [-0.25, -0.2) is 0 Å². The van der Waals surface area contributed by atoms with Crippen LogP contribution in [0, 0.1) is 0 Å². The van der Waals surface area contributed by atoms with Crippen molar-refractivity contribution in [2.45, 2.75) is 69.1 Å². The maximum absolute atomic E-state index is 2.79. The van der Waals surface area contributed by atoms with Crippen molar-refractivity contribution in [3.05, 3.63) is 129 Å². The Bertz CT molecular complexity index is 1580. The van der Waals surface area contributed by atoms with E-state index < -0.39 is 20.0 Å². The van der Waals surface area contributed by atoms with Gasteiger partial charge in [0.25, 0.3) is 0 Å². The van der Waals surface area contributed by atoms with Gasteiger partial charge in [-0.15, -0.1) is 24.8 Å². The van der Waals surface area contributed by atoms with Gasteiger partial charge in [0.2, 0.25) is 0 Å². The molecule has 0 nitrogen and oxygen atoms in total. The predicted molar refractivity (Wildman–Crippen MR) is 189 cm³/mol. The Labute approximate surface area is 275 Å². The summed E-state index contributed by atoms with van der Waals surface area (Å²) in [4.78, 5) is 0. The summed E-state index contributed by atoms with van der Waals surface area (Å²) >= 11 is -2.79. The third kappa shape index (κ3) is 5.38. The number of allylic oxidation sites excluding steroid dienone is 2. The zero-order chi connectivity index (χ0) is 28.5. The monoisotopic (exact) mass is 774 g/mol. The van der Waals surface area contributed by atoms with E-state index in [0.29, 0.717) is 19.2 Å². The normalized spacial score (nSPS) is 19.3. The van der Waals surface area contributed by atoms with Crippen molar-refractivity contribution in [2.75, 3.05) is 0 Å². The van der Waals surface area contributed by atoms with Crippen LogP contribution in [0.3, 0.4) is 0 Å².